The van der Waals surface area contributed by atoms with E-state index in [-0.39, 0.29) is 12.4 Å². The van der Waals surface area contributed by atoms with Crippen LogP contribution in [0.1, 0.15) is 36.7 Å². The molecule has 0 aliphatic heterocycles. The number of rotatable bonds is 6. The fraction of sp³-hybridized carbons (Fsp3) is 0.211. The van der Waals surface area contributed by atoms with E-state index in [1.807, 2.05) is 24.3 Å². The Morgan fingerprint density at radius 2 is 2.04 bits per heavy atom. The number of nitrogens with one attached hydrogen (secondary N) is 1. The summed E-state index contributed by atoms with van der Waals surface area (Å²) in [4.78, 5) is 0. The van der Waals surface area contributed by atoms with Gasteiger partial charge in [0.25, 0.3) is 0 Å². The summed E-state index contributed by atoms with van der Waals surface area (Å²) in [5, 5.41) is 21.5. The molecule has 2 aromatic carbocycles. The molecule has 0 saturated carbocycles. The first-order valence-electron chi connectivity index (χ1n) is 8.36. The van der Waals surface area contributed by atoms with E-state index < -0.39 is 0 Å². The van der Waals surface area contributed by atoms with Gasteiger partial charge in [0.1, 0.15) is 18.1 Å². The van der Waals surface area contributed by atoms with E-state index in [4.69, 9.17) is 28.6 Å². The van der Waals surface area contributed by atoms with Gasteiger partial charge in [0.2, 0.25) is 4.77 Å². The molecule has 8 heteroatoms. The van der Waals surface area contributed by atoms with Crippen molar-refractivity contribution in [2.45, 2.75) is 26.4 Å². The summed E-state index contributed by atoms with van der Waals surface area (Å²) >= 11 is 11.2. The van der Waals surface area contributed by atoms with Crippen LogP contribution in [0.15, 0.2) is 47.6 Å². The lowest BCUT2D eigenvalue weighted by molar-refractivity contribution is 0.290. The number of halogens is 1. The smallest absolute Gasteiger partial charge is 0.216 e. The van der Waals surface area contributed by atoms with Gasteiger partial charge >= 0.3 is 0 Å². The van der Waals surface area contributed by atoms with Crippen molar-refractivity contribution in [2.24, 2.45) is 5.10 Å². The van der Waals surface area contributed by atoms with Crippen molar-refractivity contribution in [3.8, 4) is 11.5 Å². The number of hydrogen-bond donors (Lipinski definition) is 2. The summed E-state index contributed by atoms with van der Waals surface area (Å²) in [6.45, 7) is 4.47. The van der Waals surface area contributed by atoms with Crippen molar-refractivity contribution >= 4 is 30.0 Å². The first-order chi connectivity index (χ1) is 12.9. The molecule has 1 aromatic heterocycles. The molecular weight excluding hydrogens is 384 g/mol. The molecule has 0 aliphatic carbocycles. The van der Waals surface area contributed by atoms with Crippen LogP contribution in [0.5, 0.6) is 11.5 Å². The Labute approximate surface area is 167 Å². The van der Waals surface area contributed by atoms with Crippen LogP contribution in [-0.2, 0) is 6.61 Å². The molecule has 0 fully saturated rings. The van der Waals surface area contributed by atoms with Gasteiger partial charge in [-0.2, -0.15) is 14.9 Å². The minimum atomic E-state index is 0.0706. The molecule has 6 nitrogen and oxygen atoms in total. The van der Waals surface area contributed by atoms with Crippen molar-refractivity contribution in [2.75, 3.05) is 0 Å². The van der Waals surface area contributed by atoms with Crippen molar-refractivity contribution < 1.29 is 9.84 Å². The monoisotopic (exact) mass is 402 g/mol. The number of aromatic amines is 1. The van der Waals surface area contributed by atoms with Crippen molar-refractivity contribution in [3.05, 3.63) is 69.2 Å². The van der Waals surface area contributed by atoms with Crippen molar-refractivity contribution in [1.82, 2.24) is 14.9 Å². The number of H-pyrrole nitrogens is 1. The third kappa shape index (κ3) is 4.75. The Morgan fingerprint density at radius 3 is 2.74 bits per heavy atom. The van der Waals surface area contributed by atoms with Crippen LogP contribution >= 0.6 is 23.8 Å². The molecule has 0 bridgehead atoms. The Balaban J connectivity index is 1.75. The zero-order chi connectivity index (χ0) is 19.4. The average molecular weight is 403 g/mol. The summed E-state index contributed by atoms with van der Waals surface area (Å²) in [7, 11) is 0. The van der Waals surface area contributed by atoms with E-state index in [1.54, 1.807) is 12.1 Å². The number of aromatic nitrogens is 3. The van der Waals surface area contributed by atoms with Crippen molar-refractivity contribution in [3.63, 3.8) is 0 Å². The second-order valence-electron chi connectivity index (χ2n) is 6.22. The van der Waals surface area contributed by atoms with Gasteiger partial charge in [-0.15, -0.1) is 0 Å². The second-order valence-corrected chi connectivity index (χ2v) is 7.04. The number of hydrogen-bond acceptors (Lipinski definition) is 5. The molecule has 0 aliphatic rings. The second kappa shape index (κ2) is 8.37. The molecule has 0 spiro atoms. The van der Waals surface area contributed by atoms with Gasteiger partial charge in [-0.25, -0.2) is 5.10 Å². The van der Waals surface area contributed by atoms with Crippen LogP contribution < -0.4 is 4.74 Å². The maximum Gasteiger partial charge on any atom is 0.216 e. The number of aromatic hydroxyl groups is 1. The van der Waals surface area contributed by atoms with E-state index >= 15 is 0 Å². The molecule has 27 heavy (non-hydrogen) atoms. The van der Waals surface area contributed by atoms with Gasteiger partial charge in [-0.1, -0.05) is 37.6 Å². The Bertz CT molecular complexity index is 1010. The highest BCUT2D eigenvalue weighted by molar-refractivity contribution is 7.71. The van der Waals surface area contributed by atoms with E-state index in [9.17, 15) is 5.11 Å². The molecular formula is C19H19ClN4O2S. The number of nitrogens with zero attached hydrogens (tertiary/aromatic N) is 3. The first-order valence-corrected chi connectivity index (χ1v) is 9.14. The fourth-order valence-electron chi connectivity index (χ4n) is 2.38. The minimum Gasteiger partial charge on any atom is -0.507 e. The number of ether oxygens (including phenoxy) is 1. The van der Waals surface area contributed by atoms with E-state index in [2.05, 4.69) is 29.1 Å². The molecule has 2 N–H and O–H groups in total. The highest BCUT2D eigenvalue weighted by Crippen LogP contribution is 2.21. The van der Waals surface area contributed by atoms with Gasteiger partial charge < -0.3 is 9.84 Å². The number of phenols is 1. The third-order valence-electron chi connectivity index (χ3n) is 3.93. The van der Waals surface area contributed by atoms with Crippen molar-refractivity contribution in [1.29, 1.82) is 0 Å². The van der Waals surface area contributed by atoms with E-state index in [0.29, 0.717) is 27.1 Å². The largest absolute Gasteiger partial charge is 0.507 e. The minimum absolute atomic E-state index is 0.0706. The Kier molecular flexibility index (Phi) is 5.93. The molecule has 0 atom stereocenters. The first kappa shape index (κ1) is 19.1. The fourth-order valence-corrected chi connectivity index (χ4v) is 2.76. The lowest BCUT2D eigenvalue weighted by Gasteiger charge is -2.08. The standard InChI is InChI=1S/C19H19ClN4O2S/c1-12(2)13-3-6-16(7-4-13)26-11-18-22-23-19(27)24(18)21-10-14-9-15(20)5-8-17(14)25/h3-10,12,25H,11H2,1-2H3,(H,23,27)/b21-10+. The zero-order valence-electron chi connectivity index (χ0n) is 14.9. The topological polar surface area (TPSA) is 75.4 Å². The molecule has 140 valence electrons. The molecule has 0 amide bonds. The molecule has 1 heterocycles. The van der Waals surface area contributed by atoms with Gasteiger partial charge in [0, 0.05) is 10.6 Å². The molecule has 0 radical (unpaired) electrons. The van der Waals surface area contributed by atoms with Gasteiger partial charge in [-0.05, 0) is 54.0 Å². The van der Waals surface area contributed by atoms with Crippen LogP contribution in [0.4, 0.5) is 0 Å². The highest BCUT2D eigenvalue weighted by Gasteiger charge is 2.07. The summed E-state index contributed by atoms with van der Waals surface area (Å²) in [6, 6.07) is 12.6. The van der Waals surface area contributed by atoms with Gasteiger partial charge in [0.05, 0.1) is 6.21 Å². The predicted molar refractivity (Wildman–Crippen MR) is 108 cm³/mol. The summed E-state index contributed by atoms with van der Waals surface area (Å²) < 4.78 is 7.55. The van der Waals surface area contributed by atoms with E-state index in [0.717, 1.165) is 5.75 Å². The van der Waals surface area contributed by atoms with Crippen LogP contribution in [0.3, 0.4) is 0 Å². The van der Waals surface area contributed by atoms with Crippen LogP contribution in [-0.4, -0.2) is 26.2 Å². The third-order valence-corrected chi connectivity index (χ3v) is 4.43. The van der Waals surface area contributed by atoms with Crippen LogP contribution in [0.2, 0.25) is 5.02 Å². The van der Waals surface area contributed by atoms with Gasteiger partial charge in [-0.3, -0.25) is 0 Å². The quantitative estimate of drug-likeness (QED) is 0.455. The lowest BCUT2D eigenvalue weighted by atomic mass is 10.0. The molecule has 0 saturated heterocycles. The highest BCUT2D eigenvalue weighted by atomic mass is 35.5. The summed E-state index contributed by atoms with van der Waals surface area (Å²) in [6.07, 6.45) is 1.47. The normalized spacial score (nSPS) is 11.4. The van der Waals surface area contributed by atoms with E-state index in [1.165, 1.54) is 22.5 Å². The molecule has 3 rings (SSSR count). The lowest BCUT2D eigenvalue weighted by Crippen LogP contribution is -2.04. The number of phenolic OH excluding ortho intramolecular Hbond substituents is 1. The number of benzene rings is 2. The zero-order valence-corrected chi connectivity index (χ0v) is 16.5. The predicted octanol–water partition coefficient (Wildman–Crippen LogP) is 4.88. The SMILES string of the molecule is CC(C)c1ccc(OCc2n[nH]c(=S)n2/N=C/c2cc(Cl)ccc2O)cc1. The maximum absolute atomic E-state index is 9.88. The van der Waals surface area contributed by atoms with Crippen LogP contribution in [0, 0.1) is 4.77 Å². The van der Waals surface area contributed by atoms with Crippen LogP contribution in [0.25, 0.3) is 0 Å². The molecule has 0 unspecified atom stereocenters. The Hall–Kier alpha value is -2.64. The summed E-state index contributed by atoms with van der Waals surface area (Å²) in [5.74, 6) is 1.77. The Morgan fingerprint density at radius 1 is 1.30 bits per heavy atom. The van der Waals surface area contributed by atoms with Gasteiger partial charge in [0.15, 0.2) is 5.82 Å². The average Bonchev–Trinajstić information content (AvgIpc) is 3.01. The molecule has 3 aromatic rings. The maximum atomic E-state index is 9.88. The summed E-state index contributed by atoms with van der Waals surface area (Å²) in [5.41, 5.74) is 1.72.